The van der Waals surface area contributed by atoms with Crippen LogP contribution in [0.4, 0.5) is 0 Å². The Kier molecular flexibility index (Phi) is 7.45. The lowest BCUT2D eigenvalue weighted by Crippen LogP contribution is -1.98. The highest BCUT2D eigenvalue weighted by Crippen LogP contribution is 2.44. The summed E-state index contributed by atoms with van der Waals surface area (Å²) in [6.45, 7) is 0. The normalized spacial score (nSPS) is 11.2. The van der Waals surface area contributed by atoms with Gasteiger partial charge in [-0.1, -0.05) is 121 Å². The Bertz CT molecular complexity index is 2580. The Morgan fingerprint density at radius 2 is 0.860 bits per heavy atom. The molecule has 0 bridgehead atoms. The third-order valence-electron chi connectivity index (χ3n) is 9.28. The SMILES string of the molecule is c1ccc(-c2c3ccccc3c(-c3cccc(-c4cc(-c5cccnc5)nc(-c5ccccc5-c5ccncc5)n4)c3)c3ccccc23)cc1. The fraction of sp³-hybridized carbons (Fsp3) is 0. The first-order valence-corrected chi connectivity index (χ1v) is 16.7. The highest BCUT2D eigenvalue weighted by atomic mass is 14.9. The minimum atomic E-state index is 0.655. The fourth-order valence-corrected chi connectivity index (χ4v) is 7.03. The van der Waals surface area contributed by atoms with Gasteiger partial charge in [-0.2, -0.15) is 0 Å². The van der Waals surface area contributed by atoms with Crippen LogP contribution in [0.5, 0.6) is 0 Å². The molecule has 0 aliphatic heterocycles. The zero-order valence-corrected chi connectivity index (χ0v) is 27.1. The quantitative estimate of drug-likeness (QED) is 0.170. The smallest absolute Gasteiger partial charge is 0.161 e. The maximum atomic E-state index is 5.25. The molecule has 0 spiro atoms. The Morgan fingerprint density at radius 3 is 1.52 bits per heavy atom. The van der Waals surface area contributed by atoms with E-state index in [-0.39, 0.29) is 0 Å². The molecular weight excluding hydrogens is 609 g/mol. The molecule has 234 valence electrons. The maximum Gasteiger partial charge on any atom is 0.161 e. The first-order chi connectivity index (χ1) is 24.8. The molecule has 0 atom stereocenters. The Labute approximate surface area is 290 Å². The average Bonchev–Trinajstić information content (AvgIpc) is 3.20. The van der Waals surface area contributed by atoms with Gasteiger partial charge < -0.3 is 0 Å². The Morgan fingerprint density at radius 1 is 0.320 bits per heavy atom. The summed E-state index contributed by atoms with van der Waals surface area (Å²) in [6.07, 6.45) is 7.27. The number of benzene rings is 6. The summed E-state index contributed by atoms with van der Waals surface area (Å²) >= 11 is 0. The molecule has 0 radical (unpaired) electrons. The summed E-state index contributed by atoms with van der Waals surface area (Å²) in [4.78, 5) is 19.0. The van der Waals surface area contributed by atoms with Gasteiger partial charge in [0.15, 0.2) is 5.82 Å². The molecule has 4 nitrogen and oxygen atoms in total. The van der Waals surface area contributed by atoms with Crippen molar-refractivity contribution < 1.29 is 0 Å². The minimum absolute atomic E-state index is 0.655. The molecule has 6 aromatic carbocycles. The van der Waals surface area contributed by atoms with Crippen LogP contribution in [0.2, 0.25) is 0 Å². The topological polar surface area (TPSA) is 51.6 Å². The van der Waals surface area contributed by atoms with E-state index in [0.717, 1.165) is 44.8 Å². The van der Waals surface area contributed by atoms with Crippen molar-refractivity contribution in [2.45, 2.75) is 0 Å². The Hall–Kier alpha value is -6.78. The van der Waals surface area contributed by atoms with Crippen LogP contribution >= 0.6 is 0 Å². The van der Waals surface area contributed by atoms with Gasteiger partial charge in [-0.25, -0.2) is 9.97 Å². The van der Waals surface area contributed by atoms with E-state index >= 15 is 0 Å². The van der Waals surface area contributed by atoms with Crippen LogP contribution in [-0.2, 0) is 0 Å². The summed E-state index contributed by atoms with van der Waals surface area (Å²) in [5.41, 5.74) is 11.5. The molecule has 0 amide bonds. The maximum absolute atomic E-state index is 5.25. The predicted octanol–water partition coefficient (Wildman–Crippen LogP) is 11.6. The first-order valence-electron chi connectivity index (χ1n) is 16.7. The summed E-state index contributed by atoms with van der Waals surface area (Å²) < 4.78 is 0. The molecule has 50 heavy (non-hydrogen) atoms. The molecule has 3 heterocycles. The number of rotatable bonds is 6. The van der Waals surface area contributed by atoms with Crippen LogP contribution in [0.15, 0.2) is 183 Å². The number of aromatic nitrogens is 4. The molecule has 0 aliphatic rings. The van der Waals surface area contributed by atoms with Crippen molar-refractivity contribution in [1.29, 1.82) is 0 Å². The monoisotopic (exact) mass is 638 g/mol. The van der Waals surface area contributed by atoms with Gasteiger partial charge in [0.2, 0.25) is 0 Å². The van der Waals surface area contributed by atoms with Crippen molar-refractivity contribution in [3.63, 3.8) is 0 Å². The second-order valence-corrected chi connectivity index (χ2v) is 12.3. The third kappa shape index (κ3) is 5.29. The molecule has 0 aliphatic carbocycles. The minimum Gasteiger partial charge on any atom is -0.265 e. The summed E-state index contributed by atoms with van der Waals surface area (Å²) in [5, 5.41) is 4.89. The van der Waals surface area contributed by atoms with Gasteiger partial charge in [0.25, 0.3) is 0 Å². The molecule has 0 saturated carbocycles. The van der Waals surface area contributed by atoms with Gasteiger partial charge >= 0.3 is 0 Å². The standard InChI is InChI=1S/C46H30N4/c1-2-12-32(13-3-1)44-37-18-5-7-20-39(37)45(40-21-8-6-19-38(40)44)34-15-10-14-33(28-34)42-29-43(35-16-11-25-48-30-35)50-46(49-42)41-22-9-4-17-36(41)31-23-26-47-27-24-31/h1-30H. The van der Waals surface area contributed by atoms with Crippen LogP contribution in [-0.4, -0.2) is 19.9 Å². The van der Waals surface area contributed by atoms with E-state index < -0.39 is 0 Å². The van der Waals surface area contributed by atoms with Gasteiger partial charge in [-0.15, -0.1) is 0 Å². The van der Waals surface area contributed by atoms with Crippen LogP contribution < -0.4 is 0 Å². The number of hydrogen-bond acceptors (Lipinski definition) is 4. The highest BCUT2D eigenvalue weighted by molar-refractivity contribution is 6.21. The van der Waals surface area contributed by atoms with Gasteiger partial charge in [0, 0.05) is 41.5 Å². The summed E-state index contributed by atoms with van der Waals surface area (Å²) in [6, 6.07) is 55.4. The average molecular weight is 639 g/mol. The van der Waals surface area contributed by atoms with Crippen molar-refractivity contribution in [2.24, 2.45) is 0 Å². The van der Waals surface area contributed by atoms with Crippen molar-refractivity contribution >= 4 is 21.5 Å². The largest absolute Gasteiger partial charge is 0.265 e. The van der Waals surface area contributed by atoms with E-state index in [0.29, 0.717) is 5.82 Å². The van der Waals surface area contributed by atoms with Gasteiger partial charge in [0.05, 0.1) is 11.4 Å². The lowest BCUT2D eigenvalue weighted by Gasteiger charge is -2.18. The number of fused-ring (bicyclic) bond motifs is 2. The first kappa shape index (κ1) is 29.4. The van der Waals surface area contributed by atoms with Gasteiger partial charge in [-0.3, -0.25) is 9.97 Å². The predicted molar refractivity (Wildman–Crippen MR) is 205 cm³/mol. The van der Waals surface area contributed by atoms with Crippen molar-refractivity contribution in [3.05, 3.63) is 183 Å². The number of hydrogen-bond donors (Lipinski definition) is 0. The van der Waals surface area contributed by atoms with Crippen molar-refractivity contribution in [1.82, 2.24) is 19.9 Å². The van der Waals surface area contributed by atoms with E-state index in [2.05, 4.69) is 131 Å². The molecule has 0 fully saturated rings. The zero-order valence-electron chi connectivity index (χ0n) is 27.1. The van der Waals surface area contributed by atoms with E-state index in [1.54, 1.807) is 6.20 Å². The Balaban J connectivity index is 1.26. The van der Waals surface area contributed by atoms with Crippen molar-refractivity contribution in [3.8, 4) is 67.3 Å². The molecule has 0 N–H and O–H groups in total. The molecule has 3 aromatic heterocycles. The molecular formula is C46H30N4. The highest BCUT2D eigenvalue weighted by Gasteiger charge is 2.18. The summed E-state index contributed by atoms with van der Waals surface area (Å²) in [5.74, 6) is 0.655. The summed E-state index contributed by atoms with van der Waals surface area (Å²) in [7, 11) is 0. The molecule has 9 aromatic rings. The van der Waals surface area contributed by atoms with E-state index in [1.807, 2.05) is 55.0 Å². The fourth-order valence-electron chi connectivity index (χ4n) is 7.03. The van der Waals surface area contributed by atoms with Gasteiger partial charge in [0.1, 0.15) is 0 Å². The second kappa shape index (κ2) is 12.7. The number of nitrogens with zero attached hydrogens (tertiary/aromatic N) is 4. The third-order valence-corrected chi connectivity index (χ3v) is 9.28. The molecule has 0 saturated heterocycles. The van der Waals surface area contributed by atoms with E-state index in [9.17, 15) is 0 Å². The van der Waals surface area contributed by atoms with E-state index in [1.165, 1.54) is 38.2 Å². The molecule has 4 heteroatoms. The van der Waals surface area contributed by atoms with Gasteiger partial charge in [-0.05, 0) is 91.3 Å². The van der Waals surface area contributed by atoms with Crippen molar-refractivity contribution in [2.75, 3.05) is 0 Å². The lowest BCUT2D eigenvalue weighted by molar-refractivity contribution is 1.18. The van der Waals surface area contributed by atoms with Crippen LogP contribution in [0.25, 0.3) is 88.8 Å². The number of pyridine rings is 2. The van der Waals surface area contributed by atoms with E-state index in [4.69, 9.17) is 9.97 Å². The van der Waals surface area contributed by atoms with Crippen LogP contribution in [0.3, 0.4) is 0 Å². The molecule has 0 unspecified atom stereocenters. The van der Waals surface area contributed by atoms with Crippen LogP contribution in [0.1, 0.15) is 0 Å². The lowest BCUT2D eigenvalue weighted by atomic mass is 9.85. The van der Waals surface area contributed by atoms with Crippen LogP contribution in [0, 0.1) is 0 Å². The second-order valence-electron chi connectivity index (χ2n) is 12.3. The zero-order chi connectivity index (χ0) is 33.3. The molecule has 9 rings (SSSR count).